The van der Waals surface area contributed by atoms with Crippen molar-refractivity contribution in [3.05, 3.63) is 54.3 Å². The third-order valence-corrected chi connectivity index (χ3v) is 3.56. The summed E-state index contributed by atoms with van der Waals surface area (Å²) in [5.41, 5.74) is 2.82. The molecule has 0 spiro atoms. The lowest BCUT2D eigenvalue weighted by atomic mass is 10.1. The molecule has 3 aromatic rings. The van der Waals surface area contributed by atoms with E-state index in [1.165, 1.54) is 29.7 Å². The van der Waals surface area contributed by atoms with Crippen LogP contribution in [0.1, 0.15) is 31.0 Å². The number of nitrogens with zero attached hydrogens (tertiary/aromatic N) is 5. The van der Waals surface area contributed by atoms with Gasteiger partial charge in [0.2, 0.25) is 0 Å². The lowest BCUT2D eigenvalue weighted by Crippen LogP contribution is -2.05. The van der Waals surface area contributed by atoms with E-state index in [4.69, 9.17) is 0 Å². The summed E-state index contributed by atoms with van der Waals surface area (Å²) in [5, 5.41) is 7.02. The van der Waals surface area contributed by atoms with E-state index in [0.717, 1.165) is 11.3 Å². The van der Waals surface area contributed by atoms with Crippen LogP contribution in [0.2, 0.25) is 0 Å². The Balaban J connectivity index is 1.91. The normalized spacial score (nSPS) is 11.0. The van der Waals surface area contributed by atoms with E-state index in [1.807, 2.05) is 6.92 Å². The van der Waals surface area contributed by atoms with Crippen molar-refractivity contribution in [2.75, 3.05) is 5.32 Å². The molecule has 23 heavy (non-hydrogen) atoms. The average molecular weight is 312 g/mol. The molecule has 0 saturated heterocycles. The van der Waals surface area contributed by atoms with Crippen molar-refractivity contribution < 1.29 is 4.39 Å². The van der Waals surface area contributed by atoms with Crippen LogP contribution in [0.5, 0.6) is 0 Å². The van der Waals surface area contributed by atoms with Crippen LogP contribution < -0.4 is 5.32 Å². The van der Waals surface area contributed by atoms with E-state index in [9.17, 15) is 4.39 Å². The molecule has 0 aliphatic heterocycles. The van der Waals surface area contributed by atoms with E-state index in [2.05, 4.69) is 39.2 Å². The molecule has 0 aliphatic rings. The number of halogens is 1. The fraction of sp³-hybridized carbons (Fsp3) is 0.250. The Morgan fingerprint density at radius 3 is 2.65 bits per heavy atom. The van der Waals surface area contributed by atoms with Crippen LogP contribution in [0.4, 0.5) is 15.9 Å². The predicted octanol–water partition coefficient (Wildman–Crippen LogP) is 3.37. The molecule has 0 radical (unpaired) electrons. The molecule has 1 N–H and O–H groups in total. The summed E-state index contributed by atoms with van der Waals surface area (Å²) in [6.07, 6.45) is 4.42. The molecule has 0 bridgehead atoms. The average Bonchev–Trinajstić information content (AvgIpc) is 3.05. The number of aromatic nitrogens is 5. The highest BCUT2D eigenvalue weighted by atomic mass is 19.1. The summed E-state index contributed by atoms with van der Waals surface area (Å²) >= 11 is 0. The van der Waals surface area contributed by atoms with E-state index in [1.54, 1.807) is 12.1 Å². The van der Waals surface area contributed by atoms with Gasteiger partial charge in [-0.25, -0.2) is 24.0 Å². The molecule has 1 aromatic carbocycles. The molecule has 0 atom stereocenters. The quantitative estimate of drug-likeness (QED) is 0.800. The molecule has 0 saturated carbocycles. The Morgan fingerprint density at radius 2 is 2.00 bits per heavy atom. The maximum Gasteiger partial charge on any atom is 0.148 e. The first-order valence-corrected chi connectivity index (χ1v) is 7.29. The second-order valence-electron chi connectivity index (χ2n) is 5.52. The third kappa shape index (κ3) is 3.03. The largest absolute Gasteiger partial charge is 0.338 e. The van der Waals surface area contributed by atoms with Crippen LogP contribution in [-0.2, 0) is 0 Å². The first kappa shape index (κ1) is 15.1. The van der Waals surface area contributed by atoms with Gasteiger partial charge in [-0.15, -0.1) is 0 Å². The zero-order chi connectivity index (χ0) is 16.4. The molecule has 118 valence electrons. The maximum atomic E-state index is 14.4. The Kier molecular flexibility index (Phi) is 4.01. The Labute approximate surface area is 133 Å². The van der Waals surface area contributed by atoms with Crippen molar-refractivity contribution in [2.45, 2.75) is 26.7 Å². The molecular formula is C16H17FN6. The van der Waals surface area contributed by atoms with Gasteiger partial charge in [0.25, 0.3) is 0 Å². The summed E-state index contributed by atoms with van der Waals surface area (Å²) in [4.78, 5) is 12.4. The Bertz CT molecular complexity index is 813. The SMILES string of the molecule is Cc1c(Nc2ccc(-n3cncn3)cc2F)ncnc1C(C)C. The van der Waals surface area contributed by atoms with Gasteiger partial charge in [-0.05, 0) is 25.0 Å². The molecule has 0 fully saturated rings. The van der Waals surface area contributed by atoms with Gasteiger partial charge in [-0.1, -0.05) is 13.8 Å². The van der Waals surface area contributed by atoms with Crippen LogP contribution in [-0.4, -0.2) is 24.7 Å². The second-order valence-corrected chi connectivity index (χ2v) is 5.52. The van der Waals surface area contributed by atoms with Gasteiger partial charge in [-0.2, -0.15) is 5.10 Å². The highest BCUT2D eigenvalue weighted by Gasteiger charge is 2.12. The number of rotatable bonds is 4. The van der Waals surface area contributed by atoms with Crippen molar-refractivity contribution in [1.82, 2.24) is 24.7 Å². The monoisotopic (exact) mass is 312 g/mol. The molecule has 2 aromatic heterocycles. The fourth-order valence-corrected chi connectivity index (χ4v) is 2.39. The van der Waals surface area contributed by atoms with Gasteiger partial charge in [0.05, 0.1) is 17.1 Å². The van der Waals surface area contributed by atoms with Crippen LogP contribution in [0.25, 0.3) is 5.69 Å². The second kappa shape index (κ2) is 6.12. The minimum atomic E-state index is -0.387. The molecule has 2 heterocycles. The summed E-state index contributed by atoms with van der Waals surface area (Å²) in [6, 6.07) is 4.82. The van der Waals surface area contributed by atoms with Crippen LogP contribution in [0.3, 0.4) is 0 Å². The van der Waals surface area contributed by atoms with Crippen molar-refractivity contribution >= 4 is 11.5 Å². The Morgan fingerprint density at radius 1 is 1.17 bits per heavy atom. The first-order chi connectivity index (χ1) is 11.1. The summed E-state index contributed by atoms with van der Waals surface area (Å²) in [5.74, 6) is 0.497. The van der Waals surface area contributed by atoms with E-state index in [-0.39, 0.29) is 11.7 Å². The molecule has 0 aliphatic carbocycles. The van der Waals surface area contributed by atoms with Crippen LogP contribution in [0, 0.1) is 12.7 Å². The molecular weight excluding hydrogens is 295 g/mol. The van der Waals surface area contributed by atoms with Gasteiger partial charge in [0, 0.05) is 11.6 Å². The maximum absolute atomic E-state index is 14.4. The van der Waals surface area contributed by atoms with Gasteiger partial charge >= 0.3 is 0 Å². The van der Waals surface area contributed by atoms with Crippen molar-refractivity contribution in [2.24, 2.45) is 0 Å². The highest BCUT2D eigenvalue weighted by molar-refractivity contribution is 5.61. The fourth-order valence-electron chi connectivity index (χ4n) is 2.39. The van der Waals surface area contributed by atoms with Gasteiger partial charge in [-0.3, -0.25) is 0 Å². The van der Waals surface area contributed by atoms with Crippen molar-refractivity contribution in [1.29, 1.82) is 0 Å². The van der Waals surface area contributed by atoms with E-state index >= 15 is 0 Å². The summed E-state index contributed by atoms with van der Waals surface area (Å²) in [7, 11) is 0. The molecule has 7 heteroatoms. The van der Waals surface area contributed by atoms with E-state index in [0.29, 0.717) is 17.2 Å². The predicted molar refractivity (Wildman–Crippen MR) is 85.5 cm³/mol. The minimum absolute atomic E-state index is 0.276. The smallest absolute Gasteiger partial charge is 0.148 e. The lowest BCUT2D eigenvalue weighted by Gasteiger charge is -2.14. The zero-order valence-electron chi connectivity index (χ0n) is 13.2. The molecule has 3 rings (SSSR count). The van der Waals surface area contributed by atoms with Crippen molar-refractivity contribution in [3.63, 3.8) is 0 Å². The number of benzene rings is 1. The van der Waals surface area contributed by atoms with Gasteiger partial charge in [0.1, 0.15) is 30.6 Å². The molecule has 0 unspecified atom stereocenters. The van der Waals surface area contributed by atoms with Crippen LogP contribution >= 0.6 is 0 Å². The standard InChI is InChI=1S/C16H17FN6/c1-10(2)15-11(3)16(20-8-19-15)22-14-5-4-12(6-13(14)17)23-9-18-7-21-23/h4-10H,1-3H3,(H,19,20,22). The van der Waals surface area contributed by atoms with Gasteiger partial charge < -0.3 is 5.32 Å². The minimum Gasteiger partial charge on any atom is -0.338 e. The van der Waals surface area contributed by atoms with Crippen LogP contribution in [0.15, 0.2) is 37.2 Å². The van der Waals surface area contributed by atoms with E-state index < -0.39 is 0 Å². The third-order valence-electron chi connectivity index (χ3n) is 3.56. The van der Waals surface area contributed by atoms with Crippen molar-refractivity contribution in [3.8, 4) is 5.69 Å². The number of hydrogen-bond acceptors (Lipinski definition) is 5. The lowest BCUT2D eigenvalue weighted by molar-refractivity contribution is 0.629. The van der Waals surface area contributed by atoms with Gasteiger partial charge in [0.15, 0.2) is 0 Å². The molecule has 6 nitrogen and oxygen atoms in total. The zero-order valence-corrected chi connectivity index (χ0v) is 13.2. The topological polar surface area (TPSA) is 68.5 Å². The number of nitrogens with one attached hydrogen (secondary N) is 1. The first-order valence-electron chi connectivity index (χ1n) is 7.29. The number of anilines is 2. The summed E-state index contributed by atoms with van der Waals surface area (Å²) < 4.78 is 15.9. The number of hydrogen-bond donors (Lipinski definition) is 1. The molecule has 0 amide bonds. The highest BCUT2D eigenvalue weighted by Crippen LogP contribution is 2.26. The summed E-state index contributed by atoms with van der Waals surface area (Å²) in [6.45, 7) is 6.05. The Hall–Kier alpha value is -2.83.